The van der Waals surface area contributed by atoms with Crippen molar-refractivity contribution in [2.75, 3.05) is 13.1 Å². The molecule has 6 nitrogen and oxygen atoms in total. The number of β-amino-alcohol motifs (C(OH)–C–C–N with tert-alkyl or cyclic N) is 1. The Hall–Kier alpha value is -3.17. The molecule has 1 saturated heterocycles. The van der Waals surface area contributed by atoms with E-state index in [1.54, 1.807) is 28.8 Å². The van der Waals surface area contributed by atoms with E-state index >= 15 is 0 Å². The van der Waals surface area contributed by atoms with Crippen LogP contribution in [0.4, 0.5) is 0 Å². The van der Waals surface area contributed by atoms with Crippen LogP contribution in [0.1, 0.15) is 21.7 Å². The van der Waals surface area contributed by atoms with E-state index in [1.807, 2.05) is 42.5 Å². The first kappa shape index (κ1) is 17.3. The van der Waals surface area contributed by atoms with Crippen molar-refractivity contribution < 1.29 is 9.90 Å². The largest absolute Gasteiger partial charge is 0.391 e. The van der Waals surface area contributed by atoms with Crippen LogP contribution in [0.3, 0.4) is 0 Å². The molecular weight excluding hydrogens is 340 g/mol. The molecule has 1 fully saturated rings. The number of benzene rings is 1. The predicted octanol–water partition coefficient (Wildman–Crippen LogP) is 2.12. The maximum Gasteiger partial charge on any atom is 0.270 e. The van der Waals surface area contributed by atoms with E-state index in [-0.39, 0.29) is 11.8 Å². The van der Waals surface area contributed by atoms with Crippen LogP contribution in [0.2, 0.25) is 0 Å². The van der Waals surface area contributed by atoms with E-state index in [9.17, 15) is 9.90 Å². The number of aliphatic hydroxyl groups is 1. The van der Waals surface area contributed by atoms with E-state index < -0.39 is 6.10 Å². The van der Waals surface area contributed by atoms with E-state index in [1.165, 1.54) is 0 Å². The second kappa shape index (κ2) is 6.86. The molecule has 0 aliphatic carbocycles. The van der Waals surface area contributed by atoms with E-state index in [0.29, 0.717) is 30.8 Å². The van der Waals surface area contributed by atoms with Gasteiger partial charge in [-0.05, 0) is 24.6 Å². The molecule has 0 unspecified atom stereocenters. The van der Waals surface area contributed by atoms with Gasteiger partial charge >= 0.3 is 0 Å². The third-order valence-electron chi connectivity index (χ3n) is 5.17. The number of hydrogen-bond donors (Lipinski definition) is 1. The summed E-state index contributed by atoms with van der Waals surface area (Å²) in [7, 11) is 1.75. The molecule has 6 heteroatoms. The molecule has 2 atom stereocenters. The summed E-state index contributed by atoms with van der Waals surface area (Å²) < 4.78 is 1.66. The Kier molecular flexibility index (Phi) is 4.38. The molecule has 1 aliphatic heterocycles. The molecule has 0 saturated carbocycles. The van der Waals surface area contributed by atoms with Gasteiger partial charge in [0.1, 0.15) is 11.8 Å². The maximum atomic E-state index is 12.8. The minimum atomic E-state index is -0.585. The van der Waals surface area contributed by atoms with Crippen molar-refractivity contribution >= 4 is 16.8 Å². The average molecular weight is 360 g/mol. The zero-order valence-electron chi connectivity index (χ0n) is 15.0. The lowest BCUT2D eigenvalue weighted by Crippen LogP contribution is -2.31. The Bertz CT molecular complexity index is 1050. The fraction of sp³-hybridized carbons (Fsp3) is 0.286. The monoisotopic (exact) mass is 360 g/mol. The van der Waals surface area contributed by atoms with Gasteiger partial charge in [0.15, 0.2) is 0 Å². The highest BCUT2D eigenvalue weighted by Gasteiger charge is 2.35. The van der Waals surface area contributed by atoms with Crippen molar-refractivity contribution in [3.8, 4) is 6.07 Å². The van der Waals surface area contributed by atoms with Crippen molar-refractivity contribution in [1.82, 2.24) is 14.5 Å². The minimum Gasteiger partial charge on any atom is -0.391 e. The molecule has 136 valence electrons. The predicted molar refractivity (Wildman–Crippen MR) is 101 cm³/mol. The van der Waals surface area contributed by atoms with Gasteiger partial charge in [-0.2, -0.15) is 5.26 Å². The van der Waals surface area contributed by atoms with Gasteiger partial charge in [0.2, 0.25) is 0 Å². The zero-order valence-corrected chi connectivity index (χ0v) is 15.0. The molecular formula is C21H20N4O2. The molecule has 1 amide bonds. The maximum absolute atomic E-state index is 12.8. The van der Waals surface area contributed by atoms with Crippen molar-refractivity contribution in [3.05, 3.63) is 65.6 Å². The van der Waals surface area contributed by atoms with E-state index in [2.05, 4.69) is 4.98 Å². The van der Waals surface area contributed by atoms with Crippen LogP contribution in [0.5, 0.6) is 0 Å². The number of nitriles is 1. The second-order valence-electron chi connectivity index (χ2n) is 7.07. The van der Waals surface area contributed by atoms with Crippen LogP contribution in [0, 0.1) is 17.2 Å². The van der Waals surface area contributed by atoms with Gasteiger partial charge in [0.05, 0.1) is 17.2 Å². The second-order valence-corrected chi connectivity index (χ2v) is 7.07. The van der Waals surface area contributed by atoms with Crippen LogP contribution >= 0.6 is 0 Å². The highest BCUT2D eigenvalue weighted by molar-refractivity contribution is 5.93. The Morgan fingerprint density at radius 3 is 2.89 bits per heavy atom. The lowest BCUT2D eigenvalue weighted by molar-refractivity contribution is 0.0755. The number of fused-ring (bicyclic) bond motifs is 1. The van der Waals surface area contributed by atoms with E-state index in [0.717, 1.165) is 16.6 Å². The fourth-order valence-electron chi connectivity index (χ4n) is 3.71. The summed E-state index contributed by atoms with van der Waals surface area (Å²) in [6.45, 7) is 0.770. The third-order valence-corrected chi connectivity index (χ3v) is 5.17. The number of aliphatic hydroxyl groups excluding tert-OH is 1. The summed E-state index contributed by atoms with van der Waals surface area (Å²) in [4.78, 5) is 19.1. The number of likely N-dealkylation sites (tertiary alicyclic amines) is 1. The average Bonchev–Trinajstić information content (AvgIpc) is 3.24. The van der Waals surface area contributed by atoms with E-state index in [4.69, 9.17) is 5.26 Å². The molecule has 1 aromatic carbocycles. The van der Waals surface area contributed by atoms with Crippen molar-refractivity contribution in [2.45, 2.75) is 12.5 Å². The molecule has 0 bridgehead atoms. The first-order valence-corrected chi connectivity index (χ1v) is 8.93. The van der Waals surface area contributed by atoms with Crippen LogP contribution < -0.4 is 0 Å². The van der Waals surface area contributed by atoms with Gasteiger partial charge in [-0.1, -0.05) is 24.3 Å². The third kappa shape index (κ3) is 3.29. The minimum absolute atomic E-state index is 0.0571. The van der Waals surface area contributed by atoms with Gasteiger partial charge < -0.3 is 14.6 Å². The molecule has 1 aliphatic rings. The van der Waals surface area contributed by atoms with Crippen LogP contribution in [-0.4, -0.2) is 44.7 Å². The summed E-state index contributed by atoms with van der Waals surface area (Å²) in [5, 5.41) is 20.6. The standard InChI is InChI=1S/C21H20N4O2/c1-24-11-14(10-22)8-19(24)21(27)25-12-16(20(26)13-25)9-17-7-6-15-4-2-3-5-18(15)23-17/h2-8,11,16,20,26H,9,12-13H2,1H3/t16-,20-/m1/s1. The Morgan fingerprint density at radius 2 is 2.11 bits per heavy atom. The number of hydrogen-bond acceptors (Lipinski definition) is 4. The summed E-state index contributed by atoms with van der Waals surface area (Å²) in [6.07, 6.45) is 1.67. The Labute approximate surface area is 157 Å². The number of nitrogens with zero attached hydrogens (tertiary/aromatic N) is 4. The SMILES string of the molecule is Cn1cc(C#N)cc1C(=O)N1C[C@@H](Cc2ccc3ccccc3n2)[C@H](O)C1. The van der Waals surface area contributed by atoms with Gasteiger partial charge in [-0.3, -0.25) is 9.78 Å². The van der Waals surface area contributed by atoms with Gasteiger partial charge in [-0.15, -0.1) is 0 Å². The first-order valence-electron chi connectivity index (χ1n) is 8.93. The van der Waals surface area contributed by atoms with Crippen LogP contribution in [-0.2, 0) is 13.5 Å². The summed E-state index contributed by atoms with van der Waals surface area (Å²) in [5.74, 6) is -0.217. The molecule has 4 rings (SSSR count). The number of rotatable bonds is 3. The molecule has 0 radical (unpaired) electrons. The summed E-state index contributed by atoms with van der Waals surface area (Å²) >= 11 is 0. The fourth-order valence-corrected chi connectivity index (χ4v) is 3.71. The Balaban J connectivity index is 1.49. The molecule has 3 aromatic rings. The van der Waals surface area contributed by atoms with Crippen molar-refractivity contribution in [3.63, 3.8) is 0 Å². The number of para-hydroxylation sites is 1. The van der Waals surface area contributed by atoms with Crippen molar-refractivity contribution in [1.29, 1.82) is 5.26 Å². The Morgan fingerprint density at radius 1 is 1.30 bits per heavy atom. The number of aromatic nitrogens is 2. The normalized spacial score (nSPS) is 19.4. The summed E-state index contributed by atoms with van der Waals surface area (Å²) in [5.41, 5.74) is 2.77. The highest BCUT2D eigenvalue weighted by atomic mass is 16.3. The molecule has 1 N–H and O–H groups in total. The number of carbonyl (C=O) groups excluding carboxylic acids is 1. The topological polar surface area (TPSA) is 82.2 Å². The smallest absolute Gasteiger partial charge is 0.270 e. The molecule has 2 aromatic heterocycles. The lowest BCUT2D eigenvalue weighted by atomic mass is 9.99. The van der Waals surface area contributed by atoms with Gasteiger partial charge in [0.25, 0.3) is 5.91 Å². The molecule has 3 heterocycles. The van der Waals surface area contributed by atoms with Gasteiger partial charge in [0, 0.05) is 43.3 Å². The number of amides is 1. The van der Waals surface area contributed by atoms with Crippen LogP contribution in [0.15, 0.2) is 48.7 Å². The van der Waals surface area contributed by atoms with Crippen LogP contribution in [0.25, 0.3) is 10.9 Å². The quantitative estimate of drug-likeness (QED) is 0.776. The zero-order chi connectivity index (χ0) is 19.0. The first-order chi connectivity index (χ1) is 13.0. The molecule has 0 spiro atoms. The van der Waals surface area contributed by atoms with Crippen molar-refractivity contribution in [2.24, 2.45) is 13.0 Å². The van der Waals surface area contributed by atoms with Gasteiger partial charge in [-0.25, -0.2) is 0 Å². The summed E-state index contributed by atoms with van der Waals surface area (Å²) in [6, 6.07) is 15.6. The number of aryl methyl sites for hydroxylation is 1. The number of pyridine rings is 1. The highest BCUT2D eigenvalue weighted by Crippen LogP contribution is 2.24. The molecule has 27 heavy (non-hydrogen) atoms. The number of carbonyl (C=O) groups is 1. The lowest BCUT2D eigenvalue weighted by Gasteiger charge is -2.16.